The molecule has 0 atom stereocenters. The molecule has 2 N–H and O–H groups in total. The zero-order valence-corrected chi connectivity index (χ0v) is 19.3. The number of likely N-dealkylation sites (tertiary alicyclic amines) is 1. The van der Waals surface area contributed by atoms with Gasteiger partial charge in [0.25, 0.3) is 5.69 Å². The molecule has 0 aromatic heterocycles. The maximum Gasteiger partial charge on any atom is 0.269 e. The molecule has 0 aliphatic carbocycles. The van der Waals surface area contributed by atoms with E-state index in [0.717, 1.165) is 83.0 Å². The van der Waals surface area contributed by atoms with Crippen LogP contribution in [-0.2, 0) is 11.2 Å². The summed E-state index contributed by atoms with van der Waals surface area (Å²) in [4.78, 5) is 17.6. The van der Waals surface area contributed by atoms with Crippen molar-refractivity contribution in [1.29, 1.82) is 0 Å². The number of non-ortho nitro benzene ring substituents is 1. The molecule has 1 heterocycles. The summed E-state index contributed by atoms with van der Waals surface area (Å²) in [5.41, 5.74) is 1.27. The number of hydrogen-bond acceptors (Lipinski definition) is 5. The Labute approximate surface area is 186 Å². The Hall–Kier alpha value is -2.19. The lowest BCUT2D eigenvalue weighted by molar-refractivity contribution is -0.384. The number of ether oxygens (including phenoxy) is 1. The molecule has 2 rings (SSSR count). The topological polar surface area (TPSA) is 92.0 Å². The van der Waals surface area contributed by atoms with Crippen LogP contribution in [0.2, 0.25) is 0 Å². The molecule has 0 spiro atoms. The molecule has 31 heavy (non-hydrogen) atoms. The summed E-state index contributed by atoms with van der Waals surface area (Å²) < 4.78 is 5.66. The monoisotopic (exact) mass is 433 g/mol. The molecule has 1 aliphatic rings. The van der Waals surface area contributed by atoms with E-state index in [2.05, 4.69) is 36.3 Å². The zero-order chi connectivity index (χ0) is 22.5. The molecule has 0 radical (unpaired) electrons. The van der Waals surface area contributed by atoms with E-state index < -0.39 is 0 Å². The number of unbranched alkanes of at least 4 members (excludes halogenated alkanes) is 1. The highest BCUT2D eigenvalue weighted by Gasteiger charge is 2.19. The number of nitro benzene ring substituents is 1. The predicted molar refractivity (Wildman–Crippen MR) is 126 cm³/mol. The average molecular weight is 434 g/mol. The van der Waals surface area contributed by atoms with Gasteiger partial charge in [-0.15, -0.1) is 0 Å². The summed E-state index contributed by atoms with van der Waals surface area (Å²) in [5, 5.41) is 17.7. The van der Waals surface area contributed by atoms with Crippen molar-refractivity contribution in [2.45, 2.75) is 65.0 Å². The fourth-order valence-electron chi connectivity index (χ4n) is 3.65. The molecule has 0 saturated carbocycles. The number of aliphatic imine (C=N–C) groups is 1. The van der Waals surface area contributed by atoms with Gasteiger partial charge >= 0.3 is 0 Å². The minimum atomic E-state index is -0.362. The van der Waals surface area contributed by atoms with E-state index in [1.807, 2.05) is 12.1 Å². The summed E-state index contributed by atoms with van der Waals surface area (Å²) >= 11 is 0. The van der Waals surface area contributed by atoms with Crippen LogP contribution >= 0.6 is 0 Å². The molecule has 1 fully saturated rings. The first-order valence-electron chi connectivity index (χ1n) is 11.6. The van der Waals surface area contributed by atoms with Crippen molar-refractivity contribution in [3.05, 3.63) is 39.9 Å². The third kappa shape index (κ3) is 10.1. The Morgan fingerprint density at radius 2 is 1.97 bits per heavy atom. The number of nitrogens with zero attached hydrogens (tertiary/aromatic N) is 3. The summed E-state index contributed by atoms with van der Waals surface area (Å²) in [5.74, 6) is 0.902. The van der Waals surface area contributed by atoms with Crippen LogP contribution in [0.1, 0.15) is 52.0 Å². The fourth-order valence-corrected chi connectivity index (χ4v) is 3.65. The van der Waals surface area contributed by atoms with E-state index in [1.54, 1.807) is 12.1 Å². The second-order valence-corrected chi connectivity index (χ2v) is 8.32. The maximum absolute atomic E-state index is 10.7. The van der Waals surface area contributed by atoms with Gasteiger partial charge in [0.05, 0.1) is 17.6 Å². The average Bonchev–Trinajstić information content (AvgIpc) is 2.75. The summed E-state index contributed by atoms with van der Waals surface area (Å²) in [6.07, 6.45) is 5.45. The molecule has 8 heteroatoms. The summed E-state index contributed by atoms with van der Waals surface area (Å²) in [6.45, 7) is 11.9. The molecule has 8 nitrogen and oxygen atoms in total. The molecule has 1 aromatic rings. The van der Waals surface area contributed by atoms with Gasteiger partial charge in [0.1, 0.15) is 0 Å². The van der Waals surface area contributed by atoms with Gasteiger partial charge in [-0.25, -0.2) is 0 Å². The van der Waals surface area contributed by atoms with Crippen LogP contribution in [0.4, 0.5) is 5.69 Å². The zero-order valence-electron chi connectivity index (χ0n) is 19.3. The highest BCUT2D eigenvalue weighted by molar-refractivity contribution is 5.80. The van der Waals surface area contributed by atoms with Gasteiger partial charge in [-0.05, 0) is 58.4 Å². The van der Waals surface area contributed by atoms with Crippen molar-refractivity contribution in [2.24, 2.45) is 4.99 Å². The van der Waals surface area contributed by atoms with Gasteiger partial charge in [0.15, 0.2) is 5.96 Å². The van der Waals surface area contributed by atoms with Gasteiger partial charge < -0.3 is 20.3 Å². The van der Waals surface area contributed by atoms with E-state index in [9.17, 15) is 10.1 Å². The lowest BCUT2D eigenvalue weighted by Crippen LogP contribution is -2.49. The number of benzene rings is 1. The second-order valence-electron chi connectivity index (χ2n) is 8.32. The van der Waals surface area contributed by atoms with Crippen LogP contribution < -0.4 is 10.6 Å². The number of nitro groups is 1. The minimum Gasteiger partial charge on any atom is -0.377 e. The first-order chi connectivity index (χ1) is 15.0. The fraction of sp³-hybridized carbons (Fsp3) is 0.696. The van der Waals surface area contributed by atoms with Gasteiger partial charge in [0, 0.05) is 50.9 Å². The quantitative estimate of drug-likeness (QED) is 0.173. The molecule has 1 aromatic carbocycles. The lowest BCUT2D eigenvalue weighted by Gasteiger charge is -2.33. The highest BCUT2D eigenvalue weighted by Crippen LogP contribution is 2.14. The maximum atomic E-state index is 10.7. The number of rotatable bonds is 12. The number of hydrogen-bond donors (Lipinski definition) is 2. The second kappa shape index (κ2) is 14.0. The molecular formula is C23H39N5O3. The number of nitrogens with one attached hydrogen (secondary N) is 2. The predicted octanol–water partition coefficient (Wildman–Crippen LogP) is 3.36. The van der Waals surface area contributed by atoms with Crippen molar-refractivity contribution in [2.75, 3.05) is 39.3 Å². The van der Waals surface area contributed by atoms with Crippen LogP contribution in [0.5, 0.6) is 0 Å². The van der Waals surface area contributed by atoms with E-state index in [1.165, 1.54) is 0 Å². The number of piperidine rings is 1. The van der Waals surface area contributed by atoms with E-state index in [0.29, 0.717) is 12.1 Å². The van der Waals surface area contributed by atoms with Crippen molar-refractivity contribution in [3.8, 4) is 0 Å². The Morgan fingerprint density at radius 3 is 2.58 bits per heavy atom. The van der Waals surface area contributed by atoms with Gasteiger partial charge in [-0.1, -0.05) is 12.1 Å². The van der Waals surface area contributed by atoms with Crippen molar-refractivity contribution in [1.82, 2.24) is 15.5 Å². The number of guanidine groups is 1. The Morgan fingerprint density at radius 1 is 1.26 bits per heavy atom. The van der Waals surface area contributed by atoms with Crippen molar-refractivity contribution >= 4 is 11.6 Å². The van der Waals surface area contributed by atoms with E-state index >= 15 is 0 Å². The highest BCUT2D eigenvalue weighted by atomic mass is 16.6. The summed E-state index contributed by atoms with van der Waals surface area (Å²) in [7, 11) is 0. The third-order valence-electron chi connectivity index (χ3n) is 5.42. The van der Waals surface area contributed by atoms with Gasteiger partial charge in [-0.3, -0.25) is 15.1 Å². The molecule has 1 aliphatic heterocycles. The van der Waals surface area contributed by atoms with Crippen LogP contribution in [0.3, 0.4) is 0 Å². The Bertz CT molecular complexity index is 670. The molecule has 0 unspecified atom stereocenters. The molecular weight excluding hydrogens is 394 g/mol. The van der Waals surface area contributed by atoms with Gasteiger partial charge in [-0.2, -0.15) is 0 Å². The lowest BCUT2D eigenvalue weighted by atomic mass is 10.1. The van der Waals surface area contributed by atoms with Crippen molar-refractivity contribution < 1.29 is 9.66 Å². The number of aryl methyl sites for hydroxylation is 1. The molecule has 174 valence electrons. The molecule has 0 bridgehead atoms. The van der Waals surface area contributed by atoms with E-state index in [4.69, 9.17) is 9.73 Å². The van der Waals surface area contributed by atoms with Crippen LogP contribution in [-0.4, -0.2) is 67.3 Å². The Kier molecular flexibility index (Phi) is 11.3. The van der Waals surface area contributed by atoms with Crippen LogP contribution in [0.25, 0.3) is 0 Å². The van der Waals surface area contributed by atoms with Gasteiger partial charge in [0.2, 0.25) is 0 Å². The molecule has 0 amide bonds. The SMILES string of the molecule is CCNC(=NCCCCc1ccc([N+](=O)[O-])cc1)NC1CCN(CCOC(C)C)CC1. The van der Waals surface area contributed by atoms with Crippen molar-refractivity contribution in [3.63, 3.8) is 0 Å². The smallest absolute Gasteiger partial charge is 0.269 e. The van der Waals surface area contributed by atoms with Crippen LogP contribution in [0, 0.1) is 10.1 Å². The summed E-state index contributed by atoms with van der Waals surface area (Å²) in [6, 6.07) is 7.29. The third-order valence-corrected chi connectivity index (χ3v) is 5.42. The first kappa shape index (κ1) is 25.1. The molecule has 1 saturated heterocycles. The normalized spacial score (nSPS) is 15.9. The van der Waals surface area contributed by atoms with Crippen LogP contribution in [0.15, 0.2) is 29.3 Å². The standard InChI is InChI=1S/C23H39N5O3/c1-4-24-23(26-21-12-15-27(16-13-21)17-18-31-19(2)3)25-14-6-5-7-20-8-10-22(11-9-20)28(29)30/h8-11,19,21H,4-7,12-18H2,1-3H3,(H2,24,25,26). The largest absolute Gasteiger partial charge is 0.377 e. The van der Waals surface area contributed by atoms with E-state index in [-0.39, 0.29) is 10.6 Å². The first-order valence-corrected chi connectivity index (χ1v) is 11.6. The minimum absolute atomic E-state index is 0.143. The Balaban J connectivity index is 1.66.